The zero-order valence-corrected chi connectivity index (χ0v) is 11.1. The first-order chi connectivity index (χ1) is 7.06. The summed E-state index contributed by atoms with van der Waals surface area (Å²) < 4.78 is 1.85. The maximum Gasteiger partial charge on any atom is 0.0846 e. The largest absolute Gasteiger partial charge is 0.271 e. The molecule has 0 amide bonds. The van der Waals surface area contributed by atoms with Crippen LogP contribution in [0.1, 0.15) is 37.6 Å². The molecule has 1 heterocycles. The second-order valence-electron chi connectivity index (χ2n) is 3.89. The summed E-state index contributed by atoms with van der Waals surface area (Å²) in [6.45, 7) is 4.08. The van der Waals surface area contributed by atoms with E-state index in [1.54, 1.807) is 0 Å². The van der Waals surface area contributed by atoms with E-state index in [2.05, 4.69) is 12.0 Å². The molecule has 0 aliphatic rings. The standard InChI is InChI=1S/C11H18Cl2N2/c1-4-5-9(12)6-7-10-11(13)8(2)14-15(10)3/h9H,4-7H2,1-3H3. The third kappa shape index (κ3) is 3.39. The van der Waals surface area contributed by atoms with Crippen molar-refractivity contribution in [3.05, 3.63) is 16.4 Å². The topological polar surface area (TPSA) is 17.8 Å². The maximum atomic E-state index is 6.17. The summed E-state index contributed by atoms with van der Waals surface area (Å²) in [5, 5.41) is 5.32. The Hall–Kier alpha value is -0.210. The van der Waals surface area contributed by atoms with Gasteiger partial charge in [-0.2, -0.15) is 5.10 Å². The molecule has 4 heteroatoms. The van der Waals surface area contributed by atoms with E-state index in [0.717, 1.165) is 42.1 Å². The molecular weight excluding hydrogens is 231 g/mol. The van der Waals surface area contributed by atoms with E-state index in [4.69, 9.17) is 23.2 Å². The Morgan fingerprint density at radius 3 is 2.53 bits per heavy atom. The Morgan fingerprint density at radius 2 is 2.07 bits per heavy atom. The molecule has 0 fully saturated rings. The fourth-order valence-corrected chi connectivity index (χ4v) is 2.28. The number of halogens is 2. The average Bonchev–Trinajstić information content (AvgIpc) is 2.40. The first-order valence-corrected chi connectivity index (χ1v) is 6.19. The van der Waals surface area contributed by atoms with Gasteiger partial charge in [-0.15, -0.1) is 11.6 Å². The molecule has 1 aromatic rings. The first-order valence-electron chi connectivity index (χ1n) is 5.38. The highest BCUT2D eigenvalue weighted by molar-refractivity contribution is 6.31. The lowest BCUT2D eigenvalue weighted by atomic mass is 10.1. The summed E-state index contributed by atoms with van der Waals surface area (Å²) in [6.07, 6.45) is 4.07. The summed E-state index contributed by atoms with van der Waals surface area (Å²) in [5.41, 5.74) is 1.99. The van der Waals surface area contributed by atoms with Crippen LogP contribution >= 0.6 is 23.2 Å². The minimum absolute atomic E-state index is 0.251. The number of hydrogen-bond donors (Lipinski definition) is 0. The van der Waals surface area contributed by atoms with E-state index >= 15 is 0 Å². The number of hydrogen-bond acceptors (Lipinski definition) is 1. The smallest absolute Gasteiger partial charge is 0.0846 e. The van der Waals surface area contributed by atoms with Gasteiger partial charge in [0.1, 0.15) is 0 Å². The van der Waals surface area contributed by atoms with Gasteiger partial charge in [0.2, 0.25) is 0 Å². The summed E-state index contributed by atoms with van der Waals surface area (Å²) in [4.78, 5) is 0. The van der Waals surface area contributed by atoms with Gasteiger partial charge < -0.3 is 0 Å². The SMILES string of the molecule is CCCC(Cl)CCc1c(Cl)c(C)nn1C. The van der Waals surface area contributed by atoms with Crippen LogP contribution in [0.25, 0.3) is 0 Å². The van der Waals surface area contributed by atoms with Crippen LogP contribution in [0.4, 0.5) is 0 Å². The van der Waals surface area contributed by atoms with E-state index < -0.39 is 0 Å². The highest BCUT2D eigenvalue weighted by atomic mass is 35.5. The molecule has 0 spiro atoms. The molecule has 0 saturated heterocycles. The van der Waals surface area contributed by atoms with Gasteiger partial charge >= 0.3 is 0 Å². The van der Waals surface area contributed by atoms with Crippen LogP contribution in [0.5, 0.6) is 0 Å². The minimum atomic E-state index is 0.251. The summed E-state index contributed by atoms with van der Waals surface area (Å²) in [6, 6.07) is 0. The maximum absolute atomic E-state index is 6.17. The lowest BCUT2D eigenvalue weighted by Crippen LogP contribution is -2.04. The molecule has 0 saturated carbocycles. The molecule has 86 valence electrons. The van der Waals surface area contributed by atoms with Gasteiger partial charge in [-0.05, 0) is 26.2 Å². The van der Waals surface area contributed by atoms with Gasteiger partial charge in [-0.3, -0.25) is 4.68 Å². The van der Waals surface area contributed by atoms with Gasteiger partial charge in [-0.25, -0.2) is 0 Å². The van der Waals surface area contributed by atoms with Crippen molar-refractivity contribution in [1.82, 2.24) is 9.78 Å². The normalized spacial score (nSPS) is 13.1. The zero-order valence-electron chi connectivity index (χ0n) is 9.56. The zero-order chi connectivity index (χ0) is 11.4. The summed E-state index contributed by atoms with van der Waals surface area (Å²) >= 11 is 12.3. The van der Waals surface area contributed by atoms with Crippen LogP contribution in [0, 0.1) is 6.92 Å². The summed E-state index contributed by atoms with van der Waals surface area (Å²) in [7, 11) is 1.93. The van der Waals surface area contributed by atoms with Gasteiger partial charge in [0.15, 0.2) is 0 Å². The number of alkyl halides is 1. The van der Waals surface area contributed by atoms with Gasteiger partial charge in [0.25, 0.3) is 0 Å². The molecule has 1 rings (SSSR count). The predicted molar refractivity (Wildman–Crippen MR) is 65.8 cm³/mol. The van der Waals surface area contributed by atoms with Crippen LogP contribution in [-0.2, 0) is 13.5 Å². The molecule has 1 aromatic heterocycles. The van der Waals surface area contributed by atoms with Crippen LogP contribution in [0.2, 0.25) is 5.02 Å². The molecule has 0 aliphatic carbocycles. The van der Waals surface area contributed by atoms with E-state index in [-0.39, 0.29) is 5.38 Å². The molecule has 1 atom stereocenters. The van der Waals surface area contributed by atoms with Gasteiger partial charge in [0, 0.05) is 12.4 Å². The predicted octanol–water partition coefficient (Wildman–Crippen LogP) is 3.72. The summed E-state index contributed by atoms with van der Waals surface area (Å²) in [5.74, 6) is 0. The highest BCUT2D eigenvalue weighted by Crippen LogP contribution is 2.22. The number of aryl methyl sites for hydroxylation is 2. The molecule has 0 bridgehead atoms. The van der Waals surface area contributed by atoms with Crippen molar-refractivity contribution in [2.45, 2.75) is 44.9 Å². The lowest BCUT2D eigenvalue weighted by Gasteiger charge is -2.08. The third-order valence-electron chi connectivity index (χ3n) is 2.56. The monoisotopic (exact) mass is 248 g/mol. The van der Waals surface area contributed by atoms with Crippen LogP contribution in [-0.4, -0.2) is 15.2 Å². The molecule has 0 aromatic carbocycles. The number of rotatable bonds is 5. The molecule has 0 N–H and O–H groups in total. The van der Waals surface area contributed by atoms with Crippen LogP contribution in [0.15, 0.2) is 0 Å². The molecule has 15 heavy (non-hydrogen) atoms. The minimum Gasteiger partial charge on any atom is -0.271 e. The van der Waals surface area contributed by atoms with Crippen LogP contribution in [0.3, 0.4) is 0 Å². The van der Waals surface area contributed by atoms with Crippen molar-refractivity contribution in [1.29, 1.82) is 0 Å². The van der Waals surface area contributed by atoms with Crippen molar-refractivity contribution < 1.29 is 0 Å². The molecule has 0 aliphatic heterocycles. The fraction of sp³-hybridized carbons (Fsp3) is 0.727. The fourth-order valence-electron chi connectivity index (χ4n) is 1.70. The molecule has 0 radical (unpaired) electrons. The van der Waals surface area contributed by atoms with Gasteiger partial charge in [0.05, 0.1) is 16.4 Å². The van der Waals surface area contributed by atoms with Crippen molar-refractivity contribution in [3.8, 4) is 0 Å². The van der Waals surface area contributed by atoms with Crippen molar-refractivity contribution in [2.24, 2.45) is 7.05 Å². The quantitative estimate of drug-likeness (QED) is 0.727. The molecule has 1 unspecified atom stereocenters. The first kappa shape index (κ1) is 12.9. The number of aromatic nitrogens is 2. The van der Waals surface area contributed by atoms with E-state index in [9.17, 15) is 0 Å². The highest BCUT2D eigenvalue weighted by Gasteiger charge is 2.12. The van der Waals surface area contributed by atoms with Gasteiger partial charge in [-0.1, -0.05) is 24.9 Å². The van der Waals surface area contributed by atoms with E-state index in [1.807, 2.05) is 18.7 Å². The van der Waals surface area contributed by atoms with E-state index in [0.29, 0.717) is 0 Å². The van der Waals surface area contributed by atoms with Crippen LogP contribution < -0.4 is 0 Å². The third-order valence-corrected chi connectivity index (χ3v) is 3.49. The second kappa shape index (κ2) is 5.76. The second-order valence-corrected chi connectivity index (χ2v) is 4.89. The lowest BCUT2D eigenvalue weighted by molar-refractivity contribution is 0.635. The Bertz CT molecular complexity index is 321. The molecule has 2 nitrogen and oxygen atoms in total. The van der Waals surface area contributed by atoms with Crippen molar-refractivity contribution in [3.63, 3.8) is 0 Å². The molecular formula is C11H18Cl2N2. The average molecular weight is 249 g/mol. The Kier molecular flexibility index (Phi) is 4.94. The van der Waals surface area contributed by atoms with E-state index in [1.165, 1.54) is 0 Å². The van der Waals surface area contributed by atoms with Crippen molar-refractivity contribution in [2.75, 3.05) is 0 Å². The Balaban J connectivity index is 2.57. The Labute approximate surface area is 102 Å². The van der Waals surface area contributed by atoms with Crippen molar-refractivity contribution >= 4 is 23.2 Å². The number of nitrogens with zero attached hydrogens (tertiary/aromatic N) is 2. The Morgan fingerprint density at radius 1 is 1.40 bits per heavy atom.